The van der Waals surface area contributed by atoms with Crippen molar-refractivity contribution in [3.05, 3.63) is 75.8 Å². The van der Waals surface area contributed by atoms with E-state index in [9.17, 15) is 0 Å². The lowest BCUT2D eigenvalue weighted by Crippen LogP contribution is -2.47. The molecule has 2 aromatic carbocycles. The quantitative estimate of drug-likeness (QED) is 0.625. The van der Waals surface area contributed by atoms with E-state index in [1.54, 1.807) is 0 Å². The molecule has 1 saturated heterocycles. The van der Waals surface area contributed by atoms with Crippen LogP contribution in [0.3, 0.4) is 0 Å². The predicted octanol–water partition coefficient (Wildman–Crippen LogP) is 4.54. The lowest BCUT2D eigenvalue weighted by molar-refractivity contribution is 0.194. The largest absolute Gasteiger partial charge is 0.368 e. The zero-order valence-corrected chi connectivity index (χ0v) is 17.0. The van der Waals surface area contributed by atoms with Gasteiger partial charge < -0.3 is 4.90 Å². The minimum atomic E-state index is 0.571. The minimum absolute atomic E-state index is 0.571. The third kappa shape index (κ3) is 4.52. The van der Waals surface area contributed by atoms with E-state index in [0.717, 1.165) is 48.3 Å². The lowest BCUT2D eigenvalue weighted by Gasteiger charge is -2.36. The van der Waals surface area contributed by atoms with Crippen molar-refractivity contribution in [2.75, 3.05) is 31.1 Å². The lowest BCUT2D eigenvalue weighted by atomic mass is 10.2. The summed E-state index contributed by atoms with van der Waals surface area (Å²) in [5.41, 5.74) is 2.24. The van der Waals surface area contributed by atoms with E-state index in [2.05, 4.69) is 38.1 Å². The average Bonchev–Trinajstić information content (AvgIpc) is 3.08. The SMILES string of the molecule is S=c1nc(/C=C/c2ccccc2)[nH]n1CN1CCN(c2ccccc2Cl)CC1. The zero-order chi connectivity index (χ0) is 19.3. The second-order valence-corrected chi connectivity index (χ2v) is 7.53. The monoisotopic (exact) mass is 411 g/mol. The maximum absolute atomic E-state index is 6.33. The fourth-order valence-corrected chi connectivity index (χ4v) is 3.78. The molecule has 1 aliphatic rings. The molecule has 0 aliphatic carbocycles. The highest BCUT2D eigenvalue weighted by Gasteiger charge is 2.19. The van der Waals surface area contributed by atoms with Gasteiger partial charge in [-0.15, -0.1) is 0 Å². The van der Waals surface area contributed by atoms with Crippen LogP contribution in [0.15, 0.2) is 54.6 Å². The van der Waals surface area contributed by atoms with Crippen LogP contribution >= 0.6 is 23.8 Å². The number of halogens is 1. The molecule has 2 heterocycles. The highest BCUT2D eigenvalue weighted by atomic mass is 35.5. The molecule has 5 nitrogen and oxygen atoms in total. The number of hydrogen-bond donors (Lipinski definition) is 1. The molecule has 0 unspecified atom stereocenters. The number of hydrogen-bond acceptors (Lipinski definition) is 4. The molecular formula is C21H22ClN5S. The van der Waals surface area contributed by atoms with Crippen LogP contribution in [0, 0.1) is 4.77 Å². The summed E-state index contributed by atoms with van der Waals surface area (Å²) in [6, 6.07) is 18.2. The van der Waals surface area contributed by atoms with Crippen molar-refractivity contribution >= 4 is 41.7 Å². The average molecular weight is 412 g/mol. The summed E-state index contributed by atoms with van der Waals surface area (Å²) in [6.45, 7) is 4.47. The number of nitrogens with one attached hydrogen (secondary N) is 1. The van der Waals surface area contributed by atoms with Crippen LogP contribution in [0.1, 0.15) is 11.4 Å². The summed E-state index contributed by atoms with van der Waals surface area (Å²) >= 11 is 11.7. The van der Waals surface area contributed by atoms with E-state index >= 15 is 0 Å². The van der Waals surface area contributed by atoms with Crippen LogP contribution in [0.25, 0.3) is 12.2 Å². The molecule has 7 heteroatoms. The van der Waals surface area contributed by atoms with Gasteiger partial charge >= 0.3 is 0 Å². The molecule has 0 saturated carbocycles. The Bertz CT molecular complexity index is 1000. The Labute approximate surface area is 174 Å². The second-order valence-electron chi connectivity index (χ2n) is 6.76. The fraction of sp³-hybridized carbons (Fsp3) is 0.238. The smallest absolute Gasteiger partial charge is 0.217 e. The third-order valence-electron chi connectivity index (χ3n) is 4.84. The number of aromatic amines is 1. The first-order chi connectivity index (χ1) is 13.7. The van der Waals surface area contributed by atoms with Crippen LogP contribution in [0.2, 0.25) is 5.02 Å². The van der Waals surface area contributed by atoms with E-state index in [0.29, 0.717) is 11.4 Å². The van der Waals surface area contributed by atoms with Gasteiger partial charge in [-0.05, 0) is 36.0 Å². The molecule has 1 aliphatic heterocycles. The molecule has 3 aromatic rings. The van der Waals surface area contributed by atoms with E-state index in [1.165, 1.54) is 0 Å². The number of nitrogens with zero attached hydrogens (tertiary/aromatic N) is 4. The van der Waals surface area contributed by atoms with E-state index in [1.807, 2.05) is 53.2 Å². The van der Waals surface area contributed by atoms with Crippen LogP contribution < -0.4 is 4.90 Å². The molecule has 28 heavy (non-hydrogen) atoms. The van der Waals surface area contributed by atoms with Gasteiger partial charge in [-0.1, -0.05) is 60.1 Å². The van der Waals surface area contributed by atoms with Gasteiger partial charge in [0.1, 0.15) is 5.82 Å². The number of piperazine rings is 1. The van der Waals surface area contributed by atoms with Gasteiger partial charge in [-0.3, -0.25) is 10.00 Å². The van der Waals surface area contributed by atoms with Gasteiger partial charge in [-0.25, -0.2) is 4.68 Å². The van der Waals surface area contributed by atoms with Gasteiger partial charge in [0.2, 0.25) is 4.77 Å². The molecule has 0 amide bonds. The molecule has 144 valence electrons. The summed E-state index contributed by atoms with van der Waals surface area (Å²) in [5.74, 6) is 0.767. The molecule has 1 aromatic heterocycles. The maximum atomic E-state index is 6.33. The molecular weight excluding hydrogens is 390 g/mol. The Balaban J connectivity index is 1.37. The summed E-state index contributed by atoms with van der Waals surface area (Å²) in [7, 11) is 0. The maximum Gasteiger partial charge on any atom is 0.217 e. The molecule has 4 rings (SSSR count). The zero-order valence-electron chi connectivity index (χ0n) is 15.5. The number of H-pyrrole nitrogens is 1. The fourth-order valence-electron chi connectivity index (χ4n) is 3.32. The molecule has 1 N–H and O–H groups in total. The first-order valence-corrected chi connectivity index (χ1v) is 10.1. The molecule has 1 fully saturated rings. The molecule has 0 atom stereocenters. The van der Waals surface area contributed by atoms with Crippen molar-refractivity contribution < 1.29 is 0 Å². The van der Waals surface area contributed by atoms with Crippen molar-refractivity contribution in [1.82, 2.24) is 19.7 Å². The predicted molar refractivity (Wildman–Crippen MR) is 118 cm³/mol. The second kappa shape index (κ2) is 8.73. The van der Waals surface area contributed by atoms with Crippen molar-refractivity contribution in [2.45, 2.75) is 6.67 Å². The first-order valence-electron chi connectivity index (χ1n) is 9.31. The van der Waals surface area contributed by atoms with Crippen LogP contribution in [-0.4, -0.2) is 45.8 Å². The van der Waals surface area contributed by atoms with Crippen molar-refractivity contribution in [3.8, 4) is 0 Å². The van der Waals surface area contributed by atoms with Gasteiger partial charge in [0.05, 0.1) is 17.4 Å². The van der Waals surface area contributed by atoms with Crippen molar-refractivity contribution in [3.63, 3.8) is 0 Å². The number of benzene rings is 2. The topological polar surface area (TPSA) is 40.1 Å². The summed E-state index contributed by atoms with van der Waals surface area (Å²) < 4.78 is 2.49. The van der Waals surface area contributed by atoms with Gasteiger partial charge in [0.25, 0.3) is 0 Å². The third-order valence-corrected chi connectivity index (χ3v) is 5.47. The number of anilines is 1. The number of rotatable bonds is 5. The minimum Gasteiger partial charge on any atom is -0.368 e. The summed E-state index contributed by atoms with van der Waals surface area (Å²) in [5, 5.41) is 4.10. The Morgan fingerprint density at radius 1 is 0.964 bits per heavy atom. The van der Waals surface area contributed by atoms with Gasteiger partial charge in [-0.2, -0.15) is 4.98 Å². The van der Waals surface area contributed by atoms with Gasteiger partial charge in [0.15, 0.2) is 0 Å². The Hall–Kier alpha value is -2.41. The van der Waals surface area contributed by atoms with E-state index in [4.69, 9.17) is 23.8 Å². The Morgan fingerprint density at radius 3 is 2.43 bits per heavy atom. The van der Waals surface area contributed by atoms with Crippen LogP contribution in [0.4, 0.5) is 5.69 Å². The van der Waals surface area contributed by atoms with E-state index < -0.39 is 0 Å². The Morgan fingerprint density at radius 2 is 1.68 bits per heavy atom. The summed E-state index contributed by atoms with van der Waals surface area (Å²) in [4.78, 5) is 9.15. The molecule has 0 spiro atoms. The van der Waals surface area contributed by atoms with Crippen LogP contribution in [0.5, 0.6) is 0 Å². The Kier molecular flexibility index (Phi) is 5.90. The number of para-hydroxylation sites is 1. The standard InChI is InChI=1S/C21H22ClN5S/c22-18-8-4-5-9-19(18)26-14-12-25(13-15-26)16-27-21(28)23-20(24-27)11-10-17-6-2-1-3-7-17/h1-11H,12-16H2,(H,23,24,28)/b11-10+. The van der Waals surface area contributed by atoms with Crippen molar-refractivity contribution in [2.24, 2.45) is 0 Å². The molecule has 0 radical (unpaired) electrons. The van der Waals surface area contributed by atoms with E-state index in [-0.39, 0.29) is 0 Å². The van der Waals surface area contributed by atoms with Crippen LogP contribution in [-0.2, 0) is 6.67 Å². The molecule has 0 bridgehead atoms. The normalized spacial score (nSPS) is 15.4. The highest BCUT2D eigenvalue weighted by Crippen LogP contribution is 2.26. The highest BCUT2D eigenvalue weighted by molar-refractivity contribution is 7.71. The first kappa shape index (κ1) is 18.9. The van der Waals surface area contributed by atoms with Gasteiger partial charge in [0, 0.05) is 26.2 Å². The summed E-state index contributed by atoms with van der Waals surface area (Å²) in [6.07, 6.45) is 3.98. The number of aromatic nitrogens is 3. The van der Waals surface area contributed by atoms with Crippen molar-refractivity contribution in [1.29, 1.82) is 0 Å².